The third-order valence-electron chi connectivity index (χ3n) is 4.34. The molecule has 4 rings (SSSR count). The zero-order valence-electron chi connectivity index (χ0n) is 13.1. The molecule has 0 bridgehead atoms. The number of rotatable bonds is 3. The molecule has 0 unspecified atom stereocenters. The van der Waals surface area contributed by atoms with E-state index in [0.717, 1.165) is 38.2 Å². The lowest BCUT2D eigenvalue weighted by molar-refractivity contribution is 0.0902. The quantitative estimate of drug-likeness (QED) is 0.886. The molecule has 1 amide bonds. The van der Waals surface area contributed by atoms with Crippen LogP contribution in [0.1, 0.15) is 23.3 Å². The number of carbonyl (C=O) groups is 1. The molecule has 0 saturated carbocycles. The van der Waals surface area contributed by atoms with Gasteiger partial charge in [0.05, 0.1) is 16.9 Å². The molecule has 1 fully saturated rings. The summed E-state index contributed by atoms with van der Waals surface area (Å²) in [6, 6.07) is 2.13. The van der Waals surface area contributed by atoms with Gasteiger partial charge in [-0.05, 0) is 18.9 Å². The van der Waals surface area contributed by atoms with Gasteiger partial charge in [0.15, 0.2) is 0 Å². The van der Waals surface area contributed by atoms with E-state index in [2.05, 4.69) is 20.6 Å². The van der Waals surface area contributed by atoms with Gasteiger partial charge < -0.3 is 19.9 Å². The maximum atomic E-state index is 11.9. The van der Waals surface area contributed by atoms with Crippen molar-refractivity contribution in [1.29, 1.82) is 0 Å². The monoisotopic (exact) mass is 347 g/mol. The van der Waals surface area contributed by atoms with Crippen LogP contribution < -0.4 is 10.6 Å². The smallest absolute Gasteiger partial charge is 0.267 e. The highest BCUT2D eigenvalue weighted by atomic mass is 35.5. The standard InChI is InChI=1S/C16H18ClN5O2/c17-12-8-19-16(20-11-1-5-24-6-2-11)21-14(12)10-7-13-15(23)18-3-4-22(13)9-10/h7-9,11H,1-6H2,(H,18,23)(H,19,20,21). The predicted octanol–water partition coefficient (Wildman–Crippen LogP) is 1.93. The summed E-state index contributed by atoms with van der Waals surface area (Å²) in [6.45, 7) is 2.88. The van der Waals surface area contributed by atoms with Crippen LogP contribution in [0, 0.1) is 0 Å². The van der Waals surface area contributed by atoms with E-state index < -0.39 is 0 Å². The fourth-order valence-electron chi connectivity index (χ4n) is 3.06. The van der Waals surface area contributed by atoms with E-state index in [-0.39, 0.29) is 5.91 Å². The summed E-state index contributed by atoms with van der Waals surface area (Å²) >= 11 is 6.29. The number of halogens is 1. The second kappa shape index (κ2) is 6.41. The van der Waals surface area contributed by atoms with E-state index in [1.165, 1.54) is 0 Å². The second-order valence-corrected chi connectivity index (χ2v) is 6.39. The molecule has 4 heterocycles. The Bertz CT molecular complexity index is 770. The molecule has 8 heteroatoms. The van der Waals surface area contributed by atoms with Crippen LogP contribution >= 0.6 is 11.6 Å². The summed E-state index contributed by atoms with van der Waals surface area (Å²) in [7, 11) is 0. The van der Waals surface area contributed by atoms with Crippen molar-refractivity contribution in [2.75, 3.05) is 25.1 Å². The fourth-order valence-corrected chi connectivity index (χ4v) is 3.26. The lowest BCUT2D eigenvalue weighted by Gasteiger charge is -2.23. The number of ether oxygens (including phenoxy) is 1. The molecule has 126 valence electrons. The Kier molecular flexibility index (Phi) is 4.12. The summed E-state index contributed by atoms with van der Waals surface area (Å²) in [5.74, 6) is 0.480. The third-order valence-corrected chi connectivity index (χ3v) is 4.62. The maximum absolute atomic E-state index is 11.9. The van der Waals surface area contributed by atoms with Crippen LogP contribution in [0.25, 0.3) is 11.3 Å². The second-order valence-electron chi connectivity index (χ2n) is 5.98. The molecule has 2 aliphatic rings. The van der Waals surface area contributed by atoms with Crippen molar-refractivity contribution in [1.82, 2.24) is 19.9 Å². The molecular weight excluding hydrogens is 330 g/mol. The van der Waals surface area contributed by atoms with Crippen LogP contribution in [0.4, 0.5) is 5.95 Å². The molecule has 2 aromatic rings. The largest absolute Gasteiger partial charge is 0.381 e. The minimum Gasteiger partial charge on any atom is -0.381 e. The first-order valence-electron chi connectivity index (χ1n) is 8.06. The summed E-state index contributed by atoms with van der Waals surface area (Å²) in [4.78, 5) is 20.8. The average molecular weight is 348 g/mol. The van der Waals surface area contributed by atoms with Crippen molar-refractivity contribution in [3.05, 3.63) is 29.2 Å². The molecule has 0 spiro atoms. The number of amides is 1. The van der Waals surface area contributed by atoms with Crippen molar-refractivity contribution in [3.8, 4) is 11.3 Å². The molecule has 0 aliphatic carbocycles. The lowest BCUT2D eigenvalue weighted by atomic mass is 10.1. The van der Waals surface area contributed by atoms with Gasteiger partial charge in [-0.1, -0.05) is 11.6 Å². The first kappa shape index (κ1) is 15.4. The Balaban J connectivity index is 1.62. The lowest BCUT2D eigenvalue weighted by Crippen LogP contribution is -2.34. The summed E-state index contributed by atoms with van der Waals surface area (Å²) in [6.07, 6.45) is 5.38. The molecule has 2 N–H and O–H groups in total. The molecule has 2 aliphatic heterocycles. The fraction of sp³-hybridized carbons (Fsp3) is 0.438. The molecule has 0 aromatic carbocycles. The highest BCUT2D eigenvalue weighted by Crippen LogP contribution is 2.29. The highest BCUT2D eigenvalue weighted by molar-refractivity contribution is 6.32. The normalized spacial score (nSPS) is 18.1. The number of anilines is 1. The Morgan fingerprint density at radius 2 is 2.21 bits per heavy atom. The van der Waals surface area contributed by atoms with Crippen molar-refractivity contribution in [2.24, 2.45) is 0 Å². The van der Waals surface area contributed by atoms with Gasteiger partial charge in [-0.2, -0.15) is 0 Å². The summed E-state index contributed by atoms with van der Waals surface area (Å²) in [5.41, 5.74) is 2.09. The van der Waals surface area contributed by atoms with Crippen molar-refractivity contribution >= 4 is 23.5 Å². The van der Waals surface area contributed by atoms with E-state index in [9.17, 15) is 4.79 Å². The van der Waals surface area contributed by atoms with E-state index >= 15 is 0 Å². The van der Waals surface area contributed by atoms with Gasteiger partial charge in [0.1, 0.15) is 5.69 Å². The number of nitrogens with one attached hydrogen (secondary N) is 2. The van der Waals surface area contributed by atoms with Crippen LogP contribution in [0.15, 0.2) is 18.5 Å². The molecule has 24 heavy (non-hydrogen) atoms. The Labute approximate surface area is 144 Å². The maximum Gasteiger partial charge on any atom is 0.267 e. The van der Waals surface area contributed by atoms with Gasteiger partial charge >= 0.3 is 0 Å². The number of hydrogen-bond donors (Lipinski definition) is 2. The van der Waals surface area contributed by atoms with Gasteiger partial charge in [0.25, 0.3) is 5.91 Å². The average Bonchev–Trinajstić information content (AvgIpc) is 3.03. The molecule has 1 saturated heterocycles. The van der Waals surface area contributed by atoms with Crippen LogP contribution in [-0.4, -0.2) is 46.2 Å². The predicted molar refractivity (Wildman–Crippen MR) is 90.3 cm³/mol. The van der Waals surface area contributed by atoms with E-state index in [1.54, 1.807) is 6.20 Å². The Morgan fingerprint density at radius 1 is 1.38 bits per heavy atom. The molecule has 2 aromatic heterocycles. The van der Waals surface area contributed by atoms with Gasteiger partial charge in [-0.15, -0.1) is 0 Å². The van der Waals surface area contributed by atoms with Crippen LogP contribution in [0.2, 0.25) is 5.02 Å². The zero-order chi connectivity index (χ0) is 16.5. The van der Waals surface area contributed by atoms with Gasteiger partial charge in [-0.25, -0.2) is 9.97 Å². The van der Waals surface area contributed by atoms with Gasteiger partial charge in [0.2, 0.25) is 5.95 Å². The zero-order valence-corrected chi connectivity index (χ0v) is 13.8. The number of fused-ring (bicyclic) bond motifs is 1. The minimum absolute atomic E-state index is 0.0711. The van der Waals surface area contributed by atoms with Crippen molar-refractivity contribution < 1.29 is 9.53 Å². The number of nitrogens with zero attached hydrogens (tertiary/aromatic N) is 3. The third kappa shape index (κ3) is 2.97. The molecule has 0 radical (unpaired) electrons. The van der Waals surface area contributed by atoms with Gasteiger partial charge in [-0.3, -0.25) is 4.79 Å². The first-order chi connectivity index (χ1) is 11.7. The van der Waals surface area contributed by atoms with Crippen molar-refractivity contribution in [3.63, 3.8) is 0 Å². The van der Waals surface area contributed by atoms with Crippen molar-refractivity contribution in [2.45, 2.75) is 25.4 Å². The highest BCUT2D eigenvalue weighted by Gasteiger charge is 2.21. The molecule has 0 atom stereocenters. The van der Waals surface area contributed by atoms with E-state index in [0.29, 0.717) is 34.9 Å². The van der Waals surface area contributed by atoms with E-state index in [1.807, 2.05) is 16.8 Å². The Morgan fingerprint density at radius 3 is 3.00 bits per heavy atom. The Hall–Kier alpha value is -2.12. The number of carbonyl (C=O) groups excluding carboxylic acids is 1. The number of hydrogen-bond acceptors (Lipinski definition) is 5. The van der Waals surface area contributed by atoms with Crippen LogP contribution in [0.5, 0.6) is 0 Å². The van der Waals surface area contributed by atoms with Gasteiger partial charge in [0, 0.05) is 44.1 Å². The topological polar surface area (TPSA) is 81.1 Å². The number of aromatic nitrogens is 3. The minimum atomic E-state index is -0.0711. The molecule has 7 nitrogen and oxygen atoms in total. The van der Waals surface area contributed by atoms with Crippen LogP contribution in [-0.2, 0) is 11.3 Å². The van der Waals surface area contributed by atoms with E-state index in [4.69, 9.17) is 16.3 Å². The SMILES string of the molecule is O=C1NCCn2cc(-c3nc(NC4CCOCC4)ncc3Cl)cc21. The van der Waals surface area contributed by atoms with Crippen LogP contribution in [0.3, 0.4) is 0 Å². The summed E-state index contributed by atoms with van der Waals surface area (Å²) in [5, 5.41) is 6.64. The summed E-state index contributed by atoms with van der Waals surface area (Å²) < 4.78 is 7.29. The molecular formula is C16H18ClN5O2. The first-order valence-corrected chi connectivity index (χ1v) is 8.44.